The van der Waals surface area contributed by atoms with E-state index in [2.05, 4.69) is 27.8 Å². The summed E-state index contributed by atoms with van der Waals surface area (Å²) in [5.41, 5.74) is 0. The van der Waals surface area contributed by atoms with E-state index in [-0.39, 0.29) is 0 Å². The minimum absolute atomic E-state index is 0.693. The fourth-order valence-corrected chi connectivity index (χ4v) is 1.78. The highest BCUT2D eigenvalue weighted by Gasteiger charge is 2.30. The molecule has 0 aliphatic rings. The number of hydrogen-bond acceptors (Lipinski definition) is 4. The van der Waals surface area contributed by atoms with Gasteiger partial charge >= 0.3 is 7.60 Å². The summed E-state index contributed by atoms with van der Waals surface area (Å²) < 4.78 is 20.8. The normalized spacial score (nSPS) is 13.1. The molecule has 15 heavy (non-hydrogen) atoms. The van der Waals surface area contributed by atoms with Crippen molar-refractivity contribution in [3.05, 3.63) is 0 Å². The maximum atomic E-state index is 11.6. The third kappa shape index (κ3) is 5.34. The van der Waals surface area contributed by atoms with E-state index in [9.17, 15) is 9.67 Å². The summed E-state index contributed by atoms with van der Waals surface area (Å²) >= 11 is 0. The van der Waals surface area contributed by atoms with Crippen molar-refractivity contribution < 1.29 is 18.7 Å². The molecule has 0 heterocycles. The Balaban J connectivity index is 4.10. The molecule has 1 N–H and O–H groups in total. The summed E-state index contributed by atoms with van der Waals surface area (Å²) in [7, 11) is -0.989. The first kappa shape index (κ1) is 14.7. The summed E-state index contributed by atoms with van der Waals surface area (Å²) in [5, 5.41) is 9.44. The van der Waals surface area contributed by atoms with Gasteiger partial charge in [-0.05, 0) is 6.42 Å². The van der Waals surface area contributed by atoms with Gasteiger partial charge < -0.3 is 14.2 Å². The van der Waals surface area contributed by atoms with Crippen LogP contribution in [0.2, 0.25) is 0 Å². The zero-order chi connectivity index (χ0) is 11.7. The molecule has 0 rings (SSSR count). The second-order valence-corrected chi connectivity index (χ2v) is 5.36. The number of rotatable bonds is 6. The monoisotopic (exact) mass is 234 g/mol. The van der Waals surface area contributed by atoms with Gasteiger partial charge in [0.15, 0.2) is 0 Å². The number of aliphatic hydroxyl groups excluding tert-OH is 1. The molecule has 0 unspecified atom stereocenters. The molecular formula is C10H19O4P. The summed E-state index contributed by atoms with van der Waals surface area (Å²) in [6, 6.07) is 0. The Labute approximate surface area is 91.5 Å². The topological polar surface area (TPSA) is 55.8 Å². The molecule has 1 atom stereocenters. The van der Waals surface area contributed by atoms with Gasteiger partial charge in [0.1, 0.15) is 0 Å². The minimum atomic E-state index is -3.45. The van der Waals surface area contributed by atoms with E-state index in [1.54, 1.807) is 0 Å². The van der Waals surface area contributed by atoms with Gasteiger partial charge in [0.25, 0.3) is 0 Å². The molecule has 0 radical (unpaired) electrons. The van der Waals surface area contributed by atoms with Crippen LogP contribution in [0.15, 0.2) is 0 Å². The van der Waals surface area contributed by atoms with Crippen LogP contribution in [0.25, 0.3) is 0 Å². The van der Waals surface area contributed by atoms with Crippen LogP contribution >= 0.6 is 7.60 Å². The number of unbranched alkanes of at least 4 members (excludes halogenated alkanes) is 3. The molecule has 0 saturated heterocycles. The molecule has 4 nitrogen and oxygen atoms in total. The molecular weight excluding hydrogens is 215 g/mol. The molecule has 0 spiro atoms. The first-order chi connectivity index (χ1) is 7.10. The average molecular weight is 234 g/mol. The Bertz CT molecular complexity index is 258. The lowest BCUT2D eigenvalue weighted by Crippen LogP contribution is -2.07. The molecule has 5 heteroatoms. The van der Waals surface area contributed by atoms with Crippen LogP contribution < -0.4 is 0 Å². The van der Waals surface area contributed by atoms with Crippen molar-refractivity contribution in [1.82, 2.24) is 0 Å². The van der Waals surface area contributed by atoms with Gasteiger partial charge in [-0.15, -0.1) is 0 Å². The Morgan fingerprint density at radius 1 is 1.33 bits per heavy atom. The number of aliphatic hydroxyl groups is 1. The second-order valence-electron chi connectivity index (χ2n) is 3.06. The van der Waals surface area contributed by atoms with Crippen molar-refractivity contribution in [2.75, 3.05) is 14.2 Å². The van der Waals surface area contributed by atoms with Crippen LogP contribution in [0, 0.1) is 11.8 Å². The third-order valence-corrected chi connectivity index (χ3v) is 3.69. The molecule has 0 aliphatic heterocycles. The van der Waals surface area contributed by atoms with Crippen molar-refractivity contribution in [3.8, 4) is 11.8 Å². The first-order valence-corrected chi connectivity index (χ1v) is 6.59. The van der Waals surface area contributed by atoms with Crippen LogP contribution in [-0.4, -0.2) is 25.2 Å². The average Bonchev–Trinajstić information content (AvgIpc) is 2.27. The third-order valence-electron chi connectivity index (χ3n) is 1.94. The standard InChI is InChI=1S/C10H19O4P/c1-4-5-6-7-8-9-10(11)15(12,13-2)14-3/h10-11H,4-7H2,1-3H3/t10-/m1/s1. The lowest BCUT2D eigenvalue weighted by molar-refractivity contribution is 0.205. The largest absolute Gasteiger partial charge is 0.370 e. The van der Waals surface area contributed by atoms with Crippen molar-refractivity contribution in [2.24, 2.45) is 0 Å². The maximum Gasteiger partial charge on any atom is 0.370 e. The summed E-state index contributed by atoms with van der Waals surface area (Å²) in [4.78, 5) is 0. The summed E-state index contributed by atoms with van der Waals surface area (Å²) in [5.74, 6) is 3.89. The Kier molecular flexibility index (Phi) is 7.72. The van der Waals surface area contributed by atoms with Gasteiger partial charge in [0, 0.05) is 20.6 Å². The summed E-state index contributed by atoms with van der Waals surface area (Å²) in [6.45, 7) is 2.10. The molecule has 0 aromatic heterocycles. The van der Waals surface area contributed by atoms with Crippen LogP contribution in [0.5, 0.6) is 0 Å². The quantitative estimate of drug-likeness (QED) is 0.435. The Morgan fingerprint density at radius 3 is 2.40 bits per heavy atom. The van der Waals surface area contributed by atoms with E-state index >= 15 is 0 Å². The molecule has 0 aromatic carbocycles. The SMILES string of the molecule is CCCCCC#C[C@H](O)P(=O)(OC)OC. The predicted molar refractivity (Wildman–Crippen MR) is 59.5 cm³/mol. The lowest BCUT2D eigenvalue weighted by Gasteiger charge is -2.14. The van der Waals surface area contributed by atoms with Crippen LogP contribution in [0.4, 0.5) is 0 Å². The zero-order valence-electron chi connectivity index (χ0n) is 9.52. The molecule has 0 aromatic rings. The van der Waals surface area contributed by atoms with Crippen LogP contribution in [0.1, 0.15) is 32.6 Å². The predicted octanol–water partition coefficient (Wildman–Crippen LogP) is 2.37. The van der Waals surface area contributed by atoms with E-state index in [1.165, 1.54) is 14.2 Å². The zero-order valence-corrected chi connectivity index (χ0v) is 10.4. The molecule has 0 saturated carbocycles. The van der Waals surface area contributed by atoms with E-state index in [0.29, 0.717) is 6.42 Å². The van der Waals surface area contributed by atoms with E-state index in [4.69, 9.17) is 0 Å². The van der Waals surface area contributed by atoms with Gasteiger partial charge in [-0.2, -0.15) is 0 Å². The van der Waals surface area contributed by atoms with Gasteiger partial charge in [-0.1, -0.05) is 31.6 Å². The Morgan fingerprint density at radius 2 is 1.93 bits per heavy atom. The maximum absolute atomic E-state index is 11.6. The van der Waals surface area contributed by atoms with Gasteiger partial charge in [0.05, 0.1) is 0 Å². The second kappa shape index (κ2) is 7.90. The fraction of sp³-hybridized carbons (Fsp3) is 0.800. The lowest BCUT2D eigenvalue weighted by atomic mass is 10.2. The molecule has 0 bridgehead atoms. The van der Waals surface area contributed by atoms with Crippen molar-refractivity contribution in [3.63, 3.8) is 0 Å². The molecule has 0 aliphatic carbocycles. The van der Waals surface area contributed by atoms with Crippen molar-refractivity contribution in [2.45, 2.75) is 38.5 Å². The van der Waals surface area contributed by atoms with E-state index in [0.717, 1.165) is 19.3 Å². The van der Waals surface area contributed by atoms with Crippen molar-refractivity contribution in [1.29, 1.82) is 0 Å². The van der Waals surface area contributed by atoms with Crippen LogP contribution in [-0.2, 0) is 13.6 Å². The van der Waals surface area contributed by atoms with E-state index < -0.39 is 13.4 Å². The van der Waals surface area contributed by atoms with E-state index in [1.807, 2.05) is 0 Å². The molecule has 88 valence electrons. The van der Waals surface area contributed by atoms with Gasteiger partial charge in [0.2, 0.25) is 5.85 Å². The highest BCUT2D eigenvalue weighted by molar-refractivity contribution is 7.54. The smallest absolute Gasteiger partial charge is 0.370 e. The molecule has 0 amide bonds. The first-order valence-electron chi connectivity index (χ1n) is 4.98. The molecule has 0 fully saturated rings. The van der Waals surface area contributed by atoms with Crippen molar-refractivity contribution >= 4 is 7.60 Å². The Hall–Kier alpha value is -0.330. The summed E-state index contributed by atoms with van der Waals surface area (Å²) in [6.07, 6.45) is 3.91. The van der Waals surface area contributed by atoms with Gasteiger partial charge in [-0.25, -0.2) is 0 Å². The van der Waals surface area contributed by atoms with Gasteiger partial charge in [-0.3, -0.25) is 4.57 Å². The van der Waals surface area contributed by atoms with Crippen LogP contribution in [0.3, 0.4) is 0 Å². The minimum Gasteiger partial charge on any atom is -0.370 e. The highest BCUT2D eigenvalue weighted by Crippen LogP contribution is 2.50. The fourth-order valence-electron chi connectivity index (χ4n) is 0.980. The highest BCUT2D eigenvalue weighted by atomic mass is 31.2. The number of hydrogen-bond donors (Lipinski definition) is 1.